The predicted octanol–water partition coefficient (Wildman–Crippen LogP) is 4.39. The quantitative estimate of drug-likeness (QED) is 0.588. The van der Waals surface area contributed by atoms with Crippen molar-refractivity contribution >= 4 is 45.2 Å². The molecule has 0 spiro atoms. The fourth-order valence-corrected chi connectivity index (χ4v) is 2.94. The van der Waals surface area contributed by atoms with Gasteiger partial charge in [0.25, 0.3) is 5.91 Å². The number of methoxy groups -OCH3 is 1. The Labute approximate surface area is 169 Å². The molecular formula is C19H15BrClN3O3. The Kier molecular flexibility index (Phi) is 5.93. The van der Waals surface area contributed by atoms with Crippen molar-refractivity contribution in [2.24, 2.45) is 0 Å². The van der Waals surface area contributed by atoms with E-state index in [2.05, 4.69) is 31.1 Å². The number of carbonyl (C=O) groups excluding carboxylic acids is 2. The maximum absolute atomic E-state index is 12.4. The standard InChI is InChI=1S/C19H15BrClN3O3/c1-27-19(26)14-6-4-13(5-7-14)18(25)22-17-16(20)11-24(23-17)10-12-2-8-15(21)9-3-12/h2-9,11H,10H2,1H3,(H,22,23,25). The van der Waals surface area contributed by atoms with Crippen LogP contribution < -0.4 is 5.32 Å². The second-order valence-corrected chi connectivity index (χ2v) is 6.96. The molecule has 6 nitrogen and oxygen atoms in total. The fraction of sp³-hybridized carbons (Fsp3) is 0.105. The number of hydrogen-bond acceptors (Lipinski definition) is 4. The zero-order valence-electron chi connectivity index (χ0n) is 14.3. The third kappa shape index (κ3) is 4.75. The molecule has 1 amide bonds. The first-order chi connectivity index (χ1) is 13.0. The second-order valence-electron chi connectivity index (χ2n) is 5.67. The topological polar surface area (TPSA) is 73.2 Å². The van der Waals surface area contributed by atoms with Crippen molar-refractivity contribution in [2.45, 2.75) is 6.54 Å². The Morgan fingerprint density at radius 1 is 1.11 bits per heavy atom. The van der Waals surface area contributed by atoms with Crippen LogP contribution in [0.3, 0.4) is 0 Å². The summed E-state index contributed by atoms with van der Waals surface area (Å²) in [4.78, 5) is 23.9. The van der Waals surface area contributed by atoms with Crippen LogP contribution in [0.25, 0.3) is 0 Å². The van der Waals surface area contributed by atoms with Crippen molar-refractivity contribution in [2.75, 3.05) is 12.4 Å². The van der Waals surface area contributed by atoms with Gasteiger partial charge in [-0.05, 0) is 57.9 Å². The summed E-state index contributed by atoms with van der Waals surface area (Å²) in [7, 11) is 1.31. The van der Waals surface area contributed by atoms with E-state index in [1.54, 1.807) is 23.0 Å². The lowest BCUT2D eigenvalue weighted by Crippen LogP contribution is -2.13. The SMILES string of the molecule is COC(=O)c1ccc(C(=O)Nc2nn(Cc3ccc(Cl)cc3)cc2Br)cc1. The average molecular weight is 449 g/mol. The molecule has 3 aromatic rings. The van der Waals surface area contributed by atoms with Gasteiger partial charge in [0.1, 0.15) is 0 Å². The summed E-state index contributed by atoms with van der Waals surface area (Å²) in [6, 6.07) is 13.6. The smallest absolute Gasteiger partial charge is 0.337 e. The van der Waals surface area contributed by atoms with Gasteiger partial charge in [-0.15, -0.1) is 0 Å². The van der Waals surface area contributed by atoms with Crippen molar-refractivity contribution in [3.8, 4) is 0 Å². The van der Waals surface area contributed by atoms with E-state index in [4.69, 9.17) is 11.6 Å². The van der Waals surface area contributed by atoms with Gasteiger partial charge in [-0.2, -0.15) is 5.10 Å². The number of rotatable bonds is 5. The van der Waals surface area contributed by atoms with Crippen molar-refractivity contribution in [1.82, 2.24) is 9.78 Å². The third-order valence-corrected chi connectivity index (χ3v) is 4.61. The van der Waals surface area contributed by atoms with Crippen LogP contribution in [0.15, 0.2) is 59.2 Å². The maximum atomic E-state index is 12.4. The lowest BCUT2D eigenvalue weighted by molar-refractivity contribution is 0.0600. The molecule has 8 heteroatoms. The number of benzene rings is 2. The molecule has 27 heavy (non-hydrogen) atoms. The molecule has 0 saturated heterocycles. The van der Waals surface area contributed by atoms with Crippen LogP contribution in [0.2, 0.25) is 5.02 Å². The van der Waals surface area contributed by atoms with Crippen LogP contribution in [0.4, 0.5) is 5.82 Å². The summed E-state index contributed by atoms with van der Waals surface area (Å²) in [5.74, 6) is -0.375. The highest BCUT2D eigenvalue weighted by atomic mass is 79.9. The normalized spacial score (nSPS) is 10.5. The van der Waals surface area contributed by atoms with E-state index in [0.717, 1.165) is 5.56 Å². The van der Waals surface area contributed by atoms with E-state index in [-0.39, 0.29) is 5.91 Å². The van der Waals surface area contributed by atoms with Gasteiger partial charge in [-0.3, -0.25) is 9.48 Å². The molecule has 1 heterocycles. The Balaban J connectivity index is 1.70. The number of ether oxygens (including phenoxy) is 1. The number of hydrogen-bond donors (Lipinski definition) is 1. The van der Waals surface area contributed by atoms with Crippen LogP contribution in [-0.4, -0.2) is 28.8 Å². The number of carbonyl (C=O) groups is 2. The van der Waals surface area contributed by atoms with Gasteiger partial charge in [-0.25, -0.2) is 4.79 Å². The van der Waals surface area contributed by atoms with E-state index in [1.165, 1.54) is 19.2 Å². The highest BCUT2D eigenvalue weighted by Gasteiger charge is 2.13. The van der Waals surface area contributed by atoms with Crippen LogP contribution in [0.5, 0.6) is 0 Å². The molecule has 138 valence electrons. The van der Waals surface area contributed by atoms with Gasteiger partial charge < -0.3 is 10.1 Å². The van der Waals surface area contributed by atoms with Crippen LogP contribution >= 0.6 is 27.5 Å². The summed E-state index contributed by atoms with van der Waals surface area (Å²) < 4.78 is 7.01. The molecule has 1 N–H and O–H groups in total. The van der Waals surface area contributed by atoms with E-state index < -0.39 is 5.97 Å². The van der Waals surface area contributed by atoms with Crippen LogP contribution in [0, 0.1) is 0 Å². The number of nitrogens with one attached hydrogen (secondary N) is 1. The first-order valence-electron chi connectivity index (χ1n) is 7.93. The molecule has 0 aliphatic carbocycles. The van der Waals surface area contributed by atoms with E-state index >= 15 is 0 Å². The number of esters is 1. The number of nitrogens with zero attached hydrogens (tertiary/aromatic N) is 2. The number of aromatic nitrogens is 2. The third-order valence-electron chi connectivity index (χ3n) is 3.77. The minimum atomic E-state index is -0.453. The van der Waals surface area contributed by atoms with Crippen molar-refractivity contribution < 1.29 is 14.3 Å². The van der Waals surface area contributed by atoms with E-state index in [0.29, 0.717) is 33.0 Å². The highest BCUT2D eigenvalue weighted by Crippen LogP contribution is 2.22. The Bertz CT molecular complexity index is 969. The zero-order chi connectivity index (χ0) is 19.4. The fourth-order valence-electron chi connectivity index (χ4n) is 2.39. The summed E-state index contributed by atoms with van der Waals surface area (Å²) in [6.07, 6.45) is 1.78. The predicted molar refractivity (Wildman–Crippen MR) is 106 cm³/mol. The van der Waals surface area contributed by atoms with Gasteiger partial charge in [0, 0.05) is 16.8 Å². The zero-order valence-corrected chi connectivity index (χ0v) is 16.6. The minimum absolute atomic E-state index is 0.330. The molecule has 0 bridgehead atoms. The highest BCUT2D eigenvalue weighted by molar-refractivity contribution is 9.10. The minimum Gasteiger partial charge on any atom is -0.465 e. The molecule has 3 rings (SSSR count). The monoisotopic (exact) mass is 447 g/mol. The molecule has 1 aromatic heterocycles. The summed E-state index contributed by atoms with van der Waals surface area (Å²) in [6.45, 7) is 0.541. The van der Waals surface area contributed by atoms with Crippen LogP contribution in [-0.2, 0) is 11.3 Å². The van der Waals surface area contributed by atoms with Crippen molar-refractivity contribution in [3.05, 3.63) is 80.9 Å². The molecule has 0 aliphatic heterocycles. The lowest BCUT2D eigenvalue weighted by Gasteiger charge is -2.04. The Hall–Kier alpha value is -2.64. The Morgan fingerprint density at radius 2 is 1.74 bits per heavy atom. The summed E-state index contributed by atoms with van der Waals surface area (Å²) >= 11 is 9.29. The molecule has 2 aromatic carbocycles. The first kappa shape index (κ1) is 19.1. The molecule has 0 unspecified atom stereocenters. The van der Waals surface area contributed by atoms with Gasteiger partial charge in [-0.1, -0.05) is 23.7 Å². The van der Waals surface area contributed by atoms with Gasteiger partial charge in [0.05, 0.1) is 23.7 Å². The number of halogens is 2. The van der Waals surface area contributed by atoms with E-state index in [1.807, 2.05) is 24.3 Å². The molecule has 0 radical (unpaired) electrons. The summed E-state index contributed by atoms with van der Waals surface area (Å²) in [5, 5.41) is 7.80. The van der Waals surface area contributed by atoms with E-state index in [9.17, 15) is 9.59 Å². The molecular weight excluding hydrogens is 434 g/mol. The first-order valence-corrected chi connectivity index (χ1v) is 9.10. The molecule has 0 atom stereocenters. The van der Waals surface area contributed by atoms with Crippen LogP contribution in [0.1, 0.15) is 26.3 Å². The molecule has 0 aliphatic rings. The number of amides is 1. The average Bonchev–Trinajstić information content (AvgIpc) is 3.02. The van der Waals surface area contributed by atoms with Gasteiger partial charge in [0.2, 0.25) is 0 Å². The maximum Gasteiger partial charge on any atom is 0.337 e. The van der Waals surface area contributed by atoms with Crippen molar-refractivity contribution in [3.63, 3.8) is 0 Å². The lowest BCUT2D eigenvalue weighted by atomic mass is 10.1. The van der Waals surface area contributed by atoms with Gasteiger partial charge in [0.15, 0.2) is 5.82 Å². The van der Waals surface area contributed by atoms with Gasteiger partial charge >= 0.3 is 5.97 Å². The van der Waals surface area contributed by atoms with Crippen molar-refractivity contribution in [1.29, 1.82) is 0 Å². The second kappa shape index (κ2) is 8.37. The molecule has 0 saturated carbocycles. The number of anilines is 1. The Morgan fingerprint density at radius 3 is 2.37 bits per heavy atom. The summed E-state index contributed by atoms with van der Waals surface area (Å²) in [5.41, 5.74) is 1.81. The molecule has 0 fully saturated rings. The largest absolute Gasteiger partial charge is 0.465 e.